The van der Waals surface area contributed by atoms with Gasteiger partial charge in [-0.05, 0) is 24.0 Å². The van der Waals surface area contributed by atoms with Crippen LogP contribution in [0, 0.1) is 0 Å². The van der Waals surface area contributed by atoms with Crippen LogP contribution in [0.15, 0.2) is 58.7 Å². The van der Waals surface area contributed by atoms with E-state index >= 15 is 0 Å². The molecule has 0 bridgehead atoms. The van der Waals surface area contributed by atoms with Crippen LogP contribution < -0.4 is 0 Å². The topological polar surface area (TPSA) is 84.1 Å². The number of aliphatic imine (C=N–C) groups is 1. The number of hydrogen-bond acceptors (Lipinski definition) is 8. The van der Waals surface area contributed by atoms with E-state index in [2.05, 4.69) is 15.1 Å². The lowest BCUT2D eigenvalue weighted by Gasteiger charge is -2.16. The molecule has 1 N–H and O–H groups in total. The first-order valence-electron chi connectivity index (χ1n) is 8.15. The maximum Gasteiger partial charge on any atom is 0.358 e. The van der Waals surface area contributed by atoms with Gasteiger partial charge in [0.15, 0.2) is 5.71 Å². The fourth-order valence-electron chi connectivity index (χ4n) is 2.60. The average molecular weight is 432 g/mol. The lowest BCUT2D eigenvalue weighted by molar-refractivity contribution is -0.129. The second-order valence-electron chi connectivity index (χ2n) is 5.54. The second-order valence-corrected chi connectivity index (χ2v) is 7.89. The Hall–Kier alpha value is -2.36. The van der Waals surface area contributed by atoms with Crippen molar-refractivity contribution in [1.82, 2.24) is 4.98 Å². The summed E-state index contributed by atoms with van der Waals surface area (Å²) in [6, 6.07) is 14.9. The highest BCUT2D eigenvalue weighted by Gasteiger charge is 2.23. The number of para-hydroxylation sites is 1. The molecule has 1 atom stereocenters. The van der Waals surface area contributed by atoms with Crippen molar-refractivity contribution in [2.75, 3.05) is 13.4 Å². The standard InChI is InChI=1S/C19H17N3O3S3/c1-25-22-15(18(23)24)11-7-3-4-8-12(11)16(26)17(27-2)21-19-20-13-9-5-6-10-14(13)28-19/h3-10,16,26H,1-2H3,(H,23,24). The van der Waals surface area contributed by atoms with Crippen LogP contribution in [0.1, 0.15) is 16.4 Å². The first-order valence-corrected chi connectivity index (χ1v) is 10.7. The number of oxime groups is 1. The molecule has 0 amide bonds. The van der Waals surface area contributed by atoms with Crippen LogP contribution >= 0.6 is 35.7 Å². The van der Waals surface area contributed by atoms with E-state index < -0.39 is 11.2 Å². The Bertz CT molecular complexity index is 1030. The molecule has 0 aliphatic carbocycles. The highest BCUT2D eigenvalue weighted by molar-refractivity contribution is 8.14. The quantitative estimate of drug-likeness (QED) is 0.254. The third-order valence-corrected chi connectivity index (χ3v) is 6.20. The van der Waals surface area contributed by atoms with E-state index in [1.54, 1.807) is 12.1 Å². The van der Waals surface area contributed by atoms with Gasteiger partial charge in [-0.3, -0.25) is 0 Å². The first kappa shape index (κ1) is 20.4. The summed E-state index contributed by atoms with van der Waals surface area (Å²) in [4.78, 5) is 25.5. The molecule has 0 saturated heterocycles. The zero-order valence-electron chi connectivity index (χ0n) is 15.1. The molecular weight excluding hydrogens is 414 g/mol. The van der Waals surface area contributed by atoms with Gasteiger partial charge >= 0.3 is 5.97 Å². The number of carboxylic acid groups (broad SMARTS) is 1. The summed E-state index contributed by atoms with van der Waals surface area (Å²) in [5, 5.41) is 14.0. The van der Waals surface area contributed by atoms with E-state index in [0.29, 0.717) is 21.3 Å². The van der Waals surface area contributed by atoms with Crippen molar-refractivity contribution in [2.45, 2.75) is 5.25 Å². The molecule has 0 aliphatic heterocycles. The maximum absolute atomic E-state index is 11.6. The fourth-order valence-corrected chi connectivity index (χ4v) is 4.63. The summed E-state index contributed by atoms with van der Waals surface area (Å²) in [5.74, 6) is -1.18. The third kappa shape index (κ3) is 4.37. The molecule has 2 aromatic carbocycles. The van der Waals surface area contributed by atoms with Gasteiger partial charge in [-0.1, -0.05) is 52.9 Å². The lowest BCUT2D eigenvalue weighted by atomic mass is 10.0. The molecule has 1 heterocycles. The van der Waals surface area contributed by atoms with Crippen molar-refractivity contribution >= 4 is 67.8 Å². The number of hydrogen-bond donors (Lipinski definition) is 2. The van der Waals surface area contributed by atoms with Gasteiger partial charge in [0.25, 0.3) is 0 Å². The van der Waals surface area contributed by atoms with Crippen LogP contribution in [0.3, 0.4) is 0 Å². The Morgan fingerprint density at radius 3 is 2.64 bits per heavy atom. The van der Waals surface area contributed by atoms with Gasteiger partial charge in [0.05, 0.1) is 20.5 Å². The van der Waals surface area contributed by atoms with E-state index in [4.69, 9.17) is 17.5 Å². The van der Waals surface area contributed by atoms with Gasteiger partial charge in [-0.15, -0.1) is 11.8 Å². The molecule has 6 nitrogen and oxygen atoms in total. The van der Waals surface area contributed by atoms with Gasteiger partial charge in [-0.25, -0.2) is 14.8 Å². The largest absolute Gasteiger partial charge is 0.476 e. The summed E-state index contributed by atoms with van der Waals surface area (Å²) >= 11 is 7.66. The third-order valence-electron chi connectivity index (χ3n) is 3.83. The summed E-state index contributed by atoms with van der Waals surface area (Å²) in [6.45, 7) is 0. The number of thiol groups is 1. The molecule has 144 valence electrons. The molecule has 1 aromatic heterocycles. The second kappa shape index (κ2) is 9.22. The van der Waals surface area contributed by atoms with Gasteiger partial charge in [0.1, 0.15) is 7.11 Å². The molecule has 0 aliphatic rings. The summed E-state index contributed by atoms with van der Waals surface area (Å²) in [6.07, 6.45) is 1.90. The maximum atomic E-state index is 11.6. The Labute approximate surface area is 175 Å². The Morgan fingerprint density at radius 1 is 1.25 bits per heavy atom. The van der Waals surface area contributed by atoms with Crippen LogP contribution in [0.2, 0.25) is 0 Å². The molecule has 3 aromatic rings. The summed E-state index contributed by atoms with van der Waals surface area (Å²) < 4.78 is 1.05. The minimum atomic E-state index is -1.18. The number of aliphatic carboxylic acids is 1. The molecule has 9 heteroatoms. The predicted molar refractivity (Wildman–Crippen MR) is 120 cm³/mol. The molecule has 3 rings (SSSR count). The predicted octanol–water partition coefficient (Wildman–Crippen LogP) is 4.80. The number of rotatable bonds is 6. The van der Waals surface area contributed by atoms with Crippen molar-refractivity contribution in [3.63, 3.8) is 0 Å². The van der Waals surface area contributed by atoms with Crippen molar-refractivity contribution in [3.8, 4) is 0 Å². The SMILES string of the molecule is CON=C(C(=O)O)c1ccccc1C(S)C(=Nc1nc2ccccc2s1)SC. The molecular formula is C19H17N3O3S3. The van der Waals surface area contributed by atoms with Crippen LogP contribution in [-0.4, -0.2) is 40.2 Å². The monoisotopic (exact) mass is 431 g/mol. The zero-order valence-corrected chi connectivity index (χ0v) is 17.6. The van der Waals surface area contributed by atoms with E-state index in [1.807, 2.05) is 42.7 Å². The minimum absolute atomic E-state index is 0.183. The summed E-state index contributed by atoms with van der Waals surface area (Å²) in [7, 11) is 1.31. The number of benzene rings is 2. The molecule has 28 heavy (non-hydrogen) atoms. The highest BCUT2D eigenvalue weighted by atomic mass is 32.2. The van der Waals surface area contributed by atoms with Gasteiger partial charge in [0, 0.05) is 5.56 Å². The lowest BCUT2D eigenvalue weighted by Crippen LogP contribution is -2.18. The number of thioether (sulfide) groups is 1. The number of carboxylic acids is 1. The number of aromatic nitrogens is 1. The van der Waals surface area contributed by atoms with Crippen LogP contribution in [0.5, 0.6) is 0 Å². The highest BCUT2D eigenvalue weighted by Crippen LogP contribution is 2.34. The number of fused-ring (bicyclic) bond motifs is 1. The Morgan fingerprint density at radius 2 is 1.96 bits per heavy atom. The summed E-state index contributed by atoms with van der Waals surface area (Å²) in [5.41, 5.74) is 1.82. The van der Waals surface area contributed by atoms with E-state index in [0.717, 1.165) is 10.2 Å². The number of nitrogens with zero attached hydrogens (tertiary/aromatic N) is 3. The molecule has 0 spiro atoms. The van der Waals surface area contributed by atoms with Gasteiger partial charge in [0.2, 0.25) is 5.13 Å². The molecule has 0 radical (unpaired) electrons. The van der Waals surface area contributed by atoms with Crippen LogP contribution in [-0.2, 0) is 9.63 Å². The molecule has 1 unspecified atom stereocenters. The smallest absolute Gasteiger partial charge is 0.358 e. The van der Waals surface area contributed by atoms with Crippen molar-refractivity contribution in [2.24, 2.45) is 10.1 Å². The van der Waals surface area contributed by atoms with Crippen molar-refractivity contribution in [1.29, 1.82) is 0 Å². The average Bonchev–Trinajstić information content (AvgIpc) is 3.12. The fraction of sp³-hybridized carbons (Fsp3) is 0.158. The molecule has 0 saturated carbocycles. The molecule has 0 fully saturated rings. The number of thiazole rings is 1. The van der Waals surface area contributed by atoms with Gasteiger partial charge in [-0.2, -0.15) is 12.6 Å². The van der Waals surface area contributed by atoms with Crippen LogP contribution in [0.25, 0.3) is 10.2 Å². The van der Waals surface area contributed by atoms with Gasteiger partial charge < -0.3 is 9.94 Å². The van der Waals surface area contributed by atoms with Crippen molar-refractivity contribution < 1.29 is 14.7 Å². The zero-order chi connectivity index (χ0) is 20.1. The Kier molecular flexibility index (Phi) is 6.71. The van der Waals surface area contributed by atoms with Crippen LogP contribution in [0.4, 0.5) is 5.13 Å². The number of carbonyl (C=O) groups is 1. The van der Waals surface area contributed by atoms with Crippen molar-refractivity contribution in [3.05, 3.63) is 59.7 Å². The van der Waals surface area contributed by atoms with E-state index in [-0.39, 0.29) is 5.71 Å². The Balaban J connectivity index is 2.03. The van der Waals surface area contributed by atoms with E-state index in [1.165, 1.54) is 30.2 Å². The van der Waals surface area contributed by atoms with E-state index in [9.17, 15) is 9.90 Å². The minimum Gasteiger partial charge on any atom is -0.476 e. The normalized spacial score (nSPS) is 13.5. The first-order chi connectivity index (χ1) is 13.5.